The third-order valence-electron chi connectivity index (χ3n) is 2.74. The summed E-state index contributed by atoms with van der Waals surface area (Å²) >= 11 is 0. The number of H-pyrrole nitrogens is 2. The number of nitrogens with zero attached hydrogens (tertiary/aromatic N) is 1. The molecular formula is C11H10N3O3P. The van der Waals surface area contributed by atoms with Crippen molar-refractivity contribution in [3.63, 3.8) is 0 Å². The van der Waals surface area contributed by atoms with Crippen LogP contribution in [-0.4, -0.2) is 25.0 Å². The lowest BCUT2D eigenvalue weighted by molar-refractivity contribution is 0.387. The molecule has 0 saturated heterocycles. The van der Waals surface area contributed by atoms with Gasteiger partial charge in [0.15, 0.2) is 0 Å². The van der Waals surface area contributed by atoms with Crippen LogP contribution >= 0.6 is 7.60 Å². The minimum atomic E-state index is -4.25. The van der Waals surface area contributed by atoms with Gasteiger partial charge in [0.2, 0.25) is 0 Å². The lowest BCUT2D eigenvalue weighted by Gasteiger charge is -2.03. The van der Waals surface area contributed by atoms with Gasteiger partial charge in [-0.15, -0.1) is 0 Å². The average molecular weight is 263 g/mol. The van der Waals surface area contributed by atoms with Gasteiger partial charge in [-0.05, 0) is 30.3 Å². The second-order valence-corrected chi connectivity index (χ2v) is 5.53. The Balaban J connectivity index is 2.26. The van der Waals surface area contributed by atoms with Crippen LogP contribution in [0.15, 0.2) is 36.5 Å². The fourth-order valence-electron chi connectivity index (χ4n) is 1.87. The van der Waals surface area contributed by atoms with E-state index in [-0.39, 0.29) is 5.30 Å². The second kappa shape index (κ2) is 3.81. The Hall–Kier alpha value is -1.88. The molecule has 1 aromatic carbocycles. The van der Waals surface area contributed by atoms with Crippen LogP contribution in [0.3, 0.4) is 0 Å². The molecule has 7 heteroatoms. The van der Waals surface area contributed by atoms with Gasteiger partial charge in [-0.25, -0.2) is 0 Å². The predicted molar refractivity (Wildman–Crippen MR) is 67.6 cm³/mol. The molecule has 0 aliphatic carbocycles. The lowest BCUT2D eigenvalue weighted by Crippen LogP contribution is -2.02. The number of nitrogens with one attached hydrogen (secondary N) is 2. The van der Waals surface area contributed by atoms with Crippen molar-refractivity contribution in [2.24, 2.45) is 0 Å². The van der Waals surface area contributed by atoms with Crippen molar-refractivity contribution < 1.29 is 14.4 Å². The third kappa shape index (κ3) is 1.76. The van der Waals surface area contributed by atoms with Crippen LogP contribution in [0.4, 0.5) is 0 Å². The molecule has 92 valence electrons. The number of hydrogen-bond donors (Lipinski definition) is 4. The third-order valence-corrected chi connectivity index (χ3v) is 3.69. The summed E-state index contributed by atoms with van der Waals surface area (Å²) in [7, 11) is -4.25. The summed E-state index contributed by atoms with van der Waals surface area (Å²) in [5.41, 5.74) is 2.17. The minimum Gasteiger partial charge on any atom is -0.360 e. The number of aromatic amines is 2. The van der Waals surface area contributed by atoms with Gasteiger partial charge in [0, 0.05) is 11.6 Å². The summed E-state index contributed by atoms with van der Waals surface area (Å²) in [4.78, 5) is 21.4. The van der Waals surface area contributed by atoms with Gasteiger partial charge in [0.1, 0.15) is 5.69 Å². The van der Waals surface area contributed by atoms with Gasteiger partial charge in [0.05, 0.1) is 16.5 Å². The Morgan fingerprint density at radius 3 is 2.72 bits per heavy atom. The van der Waals surface area contributed by atoms with Gasteiger partial charge < -0.3 is 14.8 Å². The summed E-state index contributed by atoms with van der Waals surface area (Å²) < 4.78 is 11.3. The van der Waals surface area contributed by atoms with Crippen molar-refractivity contribution in [2.75, 3.05) is 0 Å². The number of hydrogen-bond acceptors (Lipinski definition) is 2. The first kappa shape index (κ1) is 11.2. The van der Waals surface area contributed by atoms with E-state index in [9.17, 15) is 14.4 Å². The first-order valence-electron chi connectivity index (χ1n) is 5.24. The quantitative estimate of drug-likeness (QED) is 0.524. The van der Waals surface area contributed by atoms with E-state index in [2.05, 4.69) is 15.2 Å². The topological polar surface area (TPSA) is 102 Å². The average Bonchev–Trinajstić information content (AvgIpc) is 2.95. The van der Waals surface area contributed by atoms with Crippen molar-refractivity contribution in [1.82, 2.24) is 15.2 Å². The summed E-state index contributed by atoms with van der Waals surface area (Å²) in [6, 6.07) is 8.17. The van der Waals surface area contributed by atoms with Crippen LogP contribution < -0.4 is 5.30 Å². The molecule has 0 fully saturated rings. The monoisotopic (exact) mass is 263 g/mol. The largest absolute Gasteiger partial charge is 0.360 e. The van der Waals surface area contributed by atoms with Gasteiger partial charge in [-0.1, -0.05) is 0 Å². The zero-order valence-corrected chi connectivity index (χ0v) is 10.1. The summed E-state index contributed by atoms with van der Waals surface area (Å²) in [6.45, 7) is 0. The minimum absolute atomic E-state index is 0.00999. The van der Waals surface area contributed by atoms with E-state index in [4.69, 9.17) is 0 Å². The van der Waals surface area contributed by atoms with Crippen molar-refractivity contribution in [1.29, 1.82) is 0 Å². The molecule has 18 heavy (non-hydrogen) atoms. The molecule has 3 aromatic rings. The number of fused-ring (bicyclic) bond motifs is 1. The number of aromatic nitrogens is 3. The van der Waals surface area contributed by atoms with Crippen molar-refractivity contribution in [2.45, 2.75) is 0 Å². The molecule has 4 N–H and O–H groups in total. The van der Waals surface area contributed by atoms with E-state index in [0.717, 1.165) is 11.2 Å². The van der Waals surface area contributed by atoms with E-state index in [1.807, 2.05) is 12.1 Å². The highest BCUT2D eigenvalue weighted by atomic mass is 31.2. The van der Waals surface area contributed by atoms with Crippen LogP contribution in [0.25, 0.3) is 22.3 Å². The highest BCUT2D eigenvalue weighted by Gasteiger charge is 2.19. The molecule has 0 bridgehead atoms. The van der Waals surface area contributed by atoms with Crippen LogP contribution in [-0.2, 0) is 4.57 Å². The molecule has 0 saturated carbocycles. The van der Waals surface area contributed by atoms with Crippen molar-refractivity contribution >= 4 is 23.8 Å². The zero-order valence-electron chi connectivity index (χ0n) is 9.16. The molecule has 0 amide bonds. The van der Waals surface area contributed by atoms with E-state index in [1.165, 1.54) is 12.1 Å². The SMILES string of the molecule is O=P(O)(O)c1ccc2[nH]nc(-c3ccc[nH]3)c2c1. The van der Waals surface area contributed by atoms with Crippen LogP contribution in [0.1, 0.15) is 0 Å². The number of rotatable bonds is 2. The molecule has 2 heterocycles. The molecular weight excluding hydrogens is 253 g/mol. The molecule has 2 aromatic heterocycles. The molecule has 0 aliphatic heterocycles. The van der Waals surface area contributed by atoms with Crippen molar-refractivity contribution in [3.05, 3.63) is 36.5 Å². The molecule has 6 nitrogen and oxygen atoms in total. The maximum atomic E-state index is 11.3. The Kier molecular flexibility index (Phi) is 2.38. The molecule has 3 rings (SSSR count). The van der Waals surface area contributed by atoms with Crippen LogP contribution in [0.2, 0.25) is 0 Å². The van der Waals surface area contributed by atoms with E-state index < -0.39 is 7.60 Å². The highest BCUT2D eigenvalue weighted by molar-refractivity contribution is 7.60. The van der Waals surface area contributed by atoms with Gasteiger partial charge >= 0.3 is 7.60 Å². The lowest BCUT2D eigenvalue weighted by atomic mass is 10.2. The van der Waals surface area contributed by atoms with E-state index >= 15 is 0 Å². The predicted octanol–water partition coefficient (Wildman–Crippen LogP) is 1.36. The van der Waals surface area contributed by atoms with Gasteiger partial charge in [-0.2, -0.15) is 5.10 Å². The summed E-state index contributed by atoms with van der Waals surface area (Å²) in [5.74, 6) is 0. The molecule has 0 radical (unpaired) electrons. The maximum absolute atomic E-state index is 11.3. The Bertz CT molecular complexity index is 742. The smallest absolute Gasteiger partial charge is 0.356 e. The van der Waals surface area contributed by atoms with Gasteiger partial charge in [0.25, 0.3) is 0 Å². The normalized spacial score (nSPS) is 12.1. The van der Waals surface area contributed by atoms with Crippen molar-refractivity contribution in [3.8, 4) is 11.4 Å². The van der Waals surface area contributed by atoms with E-state index in [1.54, 1.807) is 12.3 Å². The molecule has 0 aliphatic rings. The summed E-state index contributed by atoms with van der Waals surface area (Å²) in [5, 5.41) is 7.65. The first-order chi connectivity index (χ1) is 8.55. The molecule has 0 unspecified atom stereocenters. The molecule has 0 atom stereocenters. The Morgan fingerprint density at radius 1 is 1.22 bits per heavy atom. The van der Waals surface area contributed by atoms with Crippen LogP contribution in [0, 0.1) is 0 Å². The standard InChI is InChI=1S/C11H10N3O3P/c15-18(16,17)7-3-4-9-8(6-7)11(14-13-9)10-2-1-5-12-10/h1-6,12H,(H,13,14)(H2,15,16,17). The van der Waals surface area contributed by atoms with Gasteiger partial charge in [-0.3, -0.25) is 9.66 Å². The first-order valence-corrected chi connectivity index (χ1v) is 6.85. The number of benzene rings is 1. The fourth-order valence-corrected chi connectivity index (χ4v) is 2.43. The van der Waals surface area contributed by atoms with Crippen LogP contribution in [0.5, 0.6) is 0 Å². The zero-order chi connectivity index (χ0) is 12.8. The maximum Gasteiger partial charge on any atom is 0.356 e. The second-order valence-electron chi connectivity index (χ2n) is 3.93. The Labute approximate surface area is 102 Å². The molecule has 0 spiro atoms. The van der Waals surface area contributed by atoms with E-state index in [0.29, 0.717) is 11.1 Å². The summed E-state index contributed by atoms with van der Waals surface area (Å²) in [6.07, 6.45) is 1.77. The fraction of sp³-hybridized carbons (Fsp3) is 0. The highest BCUT2D eigenvalue weighted by Crippen LogP contribution is 2.35. The Morgan fingerprint density at radius 2 is 2.06 bits per heavy atom.